The van der Waals surface area contributed by atoms with Crippen LogP contribution in [0, 0.1) is 19.3 Å². The lowest BCUT2D eigenvalue weighted by molar-refractivity contribution is -0.00880. The second kappa shape index (κ2) is 16.4. The molecule has 1 unspecified atom stereocenters. The van der Waals surface area contributed by atoms with Gasteiger partial charge in [0.15, 0.2) is 0 Å². The fraction of sp³-hybridized carbons (Fsp3) is 0.444. The van der Waals surface area contributed by atoms with Crippen LogP contribution < -0.4 is 18.9 Å². The zero-order valence-electron chi connectivity index (χ0n) is 38.7. The molecule has 2 saturated carbocycles. The number of ether oxygens (including phenoxy) is 5. The summed E-state index contributed by atoms with van der Waals surface area (Å²) in [6.07, 6.45) is 4.67. The molecular formula is C54H64O10. The third-order valence-corrected chi connectivity index (χ3v) is 13.6. The zero-order chi connectivity index (χ0) is 46.0. The Morgan fingerprint density at radius 3 is 1.50 bits per heavy atom. The zero-order valence-corrected chi connectivity index (χ0v) is 38.7. The number of aryl methyl sites for hydroxylation is 2. The number of phenols is 5. The summed E-state index contributed by atoms with van der Waals surface area (Å²) in [5.41, 5.74) is 8.61. The number of rotatable bonds is 0. The second-order valence-electron chi connectivity index (χ2n) is 20.9. The second-order valence-corrected chi connectivity index (χ2v) is 20.9. The summed E-state index contributed by atoms with van der Waals surface area (Å²) >= 11 is 0. The molecule has 0 bridgehead atoms. The Morgan fingerprint density at radius 2 is 0.922 bits per heavy atom. The van der Waals surface area contributed by atoms with Crippen molar-refractivity contribution in [2.75, 3.05) is 26.4 Å². The normalized spacial score (nSPS) is 20.2. The summed E-state index contributed by atoms with van der Waals surface area (Å²) in [4.78, 5) is 0. The van der Waals surface area contributed by atoms with Crippen molar-refractivity contribution >= 4 is 0 Å². The van der Waals surface area contributed by atoms with Gasteiger partial charge in [0.05, 0.1) is 39.1 Å². The van der Waals surface area contributed by atoms with Crippen LogP contribution in [0.25, 0.3) is 0 Å². The van der Waals surface area contributed by atoms with Gasteiger partial charge in [-0.1, -0.05) is 84.9 Å². The van der Waals surface area contributed by atoms with Crippen molar-refractivity contribution in [2.45, 2.75) is 122 Å². The lowest BCUT2D eigenvalue weighted by Crippen LogP contribution is -2.18. The predicted octanol–water partition coefficient (Wildman–Crippen LogP) is 11.4. The van der Waals surface area contributed by atoms with Crippen molar-refractivity contribution in [3.05, 3.63) is 123 Å². The highest BCUT2D eigenvalue weighted by molar-refractivity contribution is 5.59. The van der Waals surface area contributed by atoms with Gasteiger partial charge < -0.3 is 49.2 Å². The van der Waals surface area contributed by atoms with Gasteiger partial charge in [0.1, 0.15) is 51.7 Å². The molecule has 12 rings (SSSR count). The minimum absolute atomic E-state index is 0.0127. The first-order valence-corrected chi connectivity index (χ1v) is 22.4. The molecule has 5 heterocycles. The first-order chi connectivity index (χ1) is 30.2. The summed E-state index contributed by atoms with van der Waals surface area (Å²) < 4.78 is 27.8. The van der Waals surface area contributed by atoms with Crippen molar-refractivity contribution in [2.24, 2.45) is 5.41 Å². The molecule has 0 radical (unpaired) electrons. The minimum atomic E-state index is -0.0641. The number of benzene rings is 5. The van der Waals surface area contributed by atoms with Crippen LogP contribution in [-0.2, 0) is 33.0 Å². The molecule has 2 spiro atoms. The molecule has 10 heteroatoms. The third-order valence-electron chi connectivity index (χ3n) is 13.6. The van der Waals surface area contributed by atoms with Crippen molar-refractivity contribution < 1.29 is 49.2 Å². The van der Waals surface area contributed by atoms with Gasteiger partial charge in [-0.3, -0.25) is 0 Å². The summed E-state index contributed by atoms with van der Waals surface area (Å²) in [5, 5.41) is 48.5. The van der Waals surface area contributed by atoms with E-state index in [0.717, 1.165) is 106 Å². The van der Waals surface area contributed by atoms with Crippen LogP contribution in [0.5, 0.6) is 51.7 Å². The van der Waals surface area contributed by atoms with Crippen LogP contribution in [0.15, 0.2) is 78.9 Å². The van der Waals surface area contributed by atoms with E-state index in [2.05, 4.69) is 48.5 Å². The molecule has 2 fully saturated rings. The Labute approximate surface area is 377 Å². The minimum Gasteiger partial charge on any atom is -0.508 e. The van der Waals surface area contributed by atoms with Crippen LogP contribution in [0.1, 0.15) is 125 Å². The summed E-state index contributed by atoms with van der Waals surface area (Å²) in [6.45, 7) is 22.1. The van der Waals surface area contributed by atoms with E-state index in [1.807, 2.05) is 56.3 Å². The maximum absolute atomic E-state index is 9.79. The lowest BCUT2D eigenvalue weighted by Gasteiger charge is -2.27. The molecule has 64 heavy (non-hydrogen) atoms. The highest BCUT2D eigenvalue weighted by atomic mass is 16.5. The molecule has 340 valence electrons. The summed E-state index contributed by atoms with van der Waals surface area (Å²) in [7, 11) is 0. The Bertz CT molecular complexity index is 2440. The van der Waals surface area contributed by atoms with Gasteiger partial charge in [0, 0.05) is 49.5 Å². The van der Waals surface area contributed by atoms with E-state index in [1.54, 1.807) is 36.4 Å². The Kier molecular flexibility index (Phi) is 11.5. The predicted molar refractivity (Wildman–Crippen MR) is 247 cm³/mol. The van der Waals surface area contributed by atoms with Crippen LogP contribution >= 0.6 is 0 Å². The first-order valence-electron chi connectivity index (χ1n) is 22.4. The SMILES string of the molecule is CC(C)(C)C1OCc2cccc(O)c21.CC1(C)COc2cccc(O)c21.Cc1ccc(O)c2c1OCC2(C)C.Cc1ccc(O)c2c1OCC21CC1.Oc1cccc2c1C1(CC1)CO2. The quantitative estimate of drug-likeness (QED) is 0.102. The van der Waals surface area contributed by atoms with E-state index in [4.69, 9.17) is 23.7 Å². The van der Waals surface area contributed by atoms with Gasteiger partial charge >= 0.3 is 0 Å². The fourth-order valence-electron chi connectivity index (χ4n) is 9.67. The molecule has 5 aliphatic heterocycles. The van der Waals surface area contributed by atoms with Crippen LogP contribution in [0.2, 0.25) is 0 Å². The van der Waals surface area contributed by atoms with Crippen molar-refractivity contribution in [1.82, 2.24) is 0 Å². The van der Waals surface area contributed by atoms with Crippen LogP contribution in [-0.4, -0.2) is 52.0 Å². The molecule has 0 amide bonds. The Hall–Kier alpha value is -5.74. The van der Waals surface area contributed by atoms with E-state index in [9.17, 15) is 25.5 Å². The average Bonchev–Trinajstić information content (AvgIpc) is 3.87. The van der Waals surface area contributed by atoms with E-state index >= 15 is 0 Å². The number of hydrogen-bond donors (Lipinski definition) is 5. The molecule has 7 aliphatic rings. The fourth-order valence-corrected chi connectivity index (χ4v) is 9.67. The number of hydrogen-bond acceptors (Lipinski definition) is 10. The summed E-state index contributed by atoms with van der Waals surface area (Å²) in [6, 6.07) is 23.8. The van der Waals surface area contributed by atoms with Gasteiger partial charge in [-0.2, -0.15) is 0 Å². The van der Waals surface area contributed by atoms with E-state index in [1.165, 1.54) is 0 Å². The average molecular weight is 873 g/mol. The monoisotopic (exact) mass is 872 g/mol. The van der Waals surface area contributed by atoms with E-state index < -0.39 is 0 Å². The lowest BCUT2D eigenvalue weighted by atomic mass is 9.84. The molecule has 2 aliphatic carbocycles. The van der Waals surface area contributed by atoms with Gasteiger partial charge in [0.25, 0.3) is 0 Å². The number of fused-ring (bicyclic) bond motifs is 7. The van der Waals surface area contributed by atoms with Gasteiger partial charge in [0.2, 0.25) is 0 Å². The van der Waals surface area contributed by atoms with E-state index in [-0.39, 0.29) is 33.2 Å². The maximum Gasteiger partial charge on any atom is 0.129 e. The van der Waals surface area contributed by atoms with Crippen molar-refractivity contribution in [3.63, 3.8) is 0 Å². The Morgan fingerprint density at radius 1 is 0.484 bits per heavy atom. The smallest absolute Gasteiger partial charge is 0.129 e. The Balaban J connectivity index is 0.000000109. The molecule has 10 nitrogen and oxygen atoms in total. The number of phenolic OH excluding ortho intramolecular Hbond substituents is 5. The molecule has 5 aromatic carbocycles. The standard InChI is InChI=1S/C12H16O2.C11H12O2.C11H14O2.C10H10O2.C10H12O2/c1-12(2,3)11-10-8(7-14-11)5-4-6-9(10)13;1-7-2-3-8(12)9-10(7)13-6-11(9)4-5-11;1-7-4-5-8(12)9-10(7)13-6-11(9,2)3;11-7-2-1-3-8-9(7)10(4-5-10)6-12-8;1-10(2)6-12-8-5-3-4-7(11)9(8)10/h4-6,11,13H,7H2,1-3H3;2-3,12H,4-6H2,1H3;4-5,12H,6H2,1-3H3;1-3,11H,4-6H2;3-5,11H,6H2,1-2H3. The van der Waals surface area contributed by atoms with Crippen LogP contribution in [0.4, 0.5) is 0 Å². The molecule has 5 aromatic rings. The molecule has 1 atom stereocenters. The van der Waals surface area contributed by atoms with Crippen molar-refractivity contribution in [3.8, 4) is 51.7 Å². The highest BCUT2D eigenvalue weighted by Crippen LogP contribution is 2.60. The highest BCUT2D eigenvalue weighted by Gasteiger charge is 2.53. The molecule has 0 aromatic heterocycles. The summed E-state index contributed by atoms with van der Waals surface area (Å²) in [5.74, 6) is 5.37. The molecule has 5 N–H and O–H groups in total. The maximum atomic E-state index is 9.79. The topological polar surface area (TPSA) is 147 Å². The van der Waals surface area contributed by atoms with E-state index in [0.29, 0.717) is 48.6 Å². The van der Waals surface area contributed by atoms with Gasteiger partial charge in [-0.05, 0) is 104 Å². The molecular weight excluding hydrogens is 809 g/mol. The first kappa shape index (κ1) is 44.9. The number of aromatic hydroxyl groups is 5. The van der Waals surface area contributed by atoms with Crippen molar-refractivity contribution in [1.29, 1.82) is 0 Å². The largest absolute Gasteiger partial charge is 0.508 e. The van der Waals surface area contributed by atoms with Gasteiger partial charge in [-0.25, -0.2) is 0 Å². The third kappa shape index (κ3) is 8.37. The van der Waals surface area contributed by atoms with Crippen LogP contribution in [0.3, 0.4) is 0 Å². The molecule has 0 saturated heterocycles. The van der Waals surface area contributed by atoms with Gasteiger partial charge in [-0.15, -0.1) is 0 Å².